The zero-order valence-corrected chi connectivity index (χ0v) is 12.2. The number of aryl methyl sites for hydroxylation is 1. The van der Waals surface area contributed by atoms with Gasteiger partial charge in [-0.25, -0.2) is 0 Å². The van der Waals surface area contributed by atoms with E-state index in [9.17, 15) is 0 Å². The molecule has 0 unspecified atom stereocenters. The van der Waals surface area contributed by atoms with E-state index in [4.69, 9.17) is 16.0 Å². The highest BCUT2D eigenvalue weighted by Crippen LogP contribution is 2.30. The first-order valence-electron chi connectivity index (χ1n) is 7.34. The molecule has 20 heavy (non-hydrogen) atoms. The van der Waals surface area contributed by atoms with Crippen molar-refractivity contribution in [3.63, 3.8) is 0 Å². The summed E-state index contributed by atoms with van der Waals surface area (Å²) in [6.07, 6.45) is 7.47. The van der Waals surface area contributed by atoms with Crippen LogP contribution in [0.5, 0.6) is 0 Å². The first kappa shape index (κ1) is 13.6. The van der Waals surface area contributed by atoms with Crippen LogP contribution in [-0.2, 0) is 6.42 Å². The van der Waals surface area contributed by atoms with Crippen LogP contribution in [0.3, 0.4) is 0 Å². The summed E-state index contributed by atoms with van der Waals surface area (Å²) in [6.45, 7) is 0. The summed E-state index contributed by atoms with van der Waals surface area (Å²) in [4.78, 5) is 0. The quantitative estimate of drug-likeness (QED) is 0.760. The second kappa shape index (κ2) is 6.40. The van der Waals surface area contributed by atoms with E-state index in [1.54, 1.807) is 0 Å². The van der Waals surface area contributed by atoms with E-state index in [0.717, 1.165) is 24.3 Å². The Balaban J connectivity index is 1.61. The van der Waals surface area contributed by atoms with Crippen molar-refractivity contribution in [2.24, 2.45) is 5.92 Å². The van der Waals surface area contributed by atoms with Crippen molar-refractivity contribution >= 4 is 11.6 Å². The third kappa shape index (κ3) is 3.21. The summed E-state index contributed by atoms with van der Waals surface area (Å²) >= 11 is 6.38. The molecule has 0 radical (unpaired) electrons. The molecule has 0 spiro atoms. The van der Waals surface area contributed by atoms with Crippen molar-refractivity contribution in [2.75, 3.05) is 0 Å². The van der Waals surface area contributed by atoms with Gasteiger partial charge >= 0.3 is 0 Å². The van der Waals surface area contributed by atoms with Crippen molar-refractivity contribution in [1.82, 2.24) is 10.2 Å². The van der Waals surface area contributed by atoms with E-state index in [1.165, 1.54) is 25.7 Å². The van der Waals surface area contributed by atoms with Gasteiger partial charge in [-0.1, -0.05) is 56.0 Å². The molecule has 2 aromatic rings. The predicted molar refractivity (Wildman–Crippen MR) is 78.7 cm³/mol. The van der Waals surface area contributed by atoms with Gasteiger partial charge in [-0.05, 0) is 17.9 Å². The number of benzene rings is 1. The Hall–Kier alpha value is -1.35. The van der Waals surface area contributed by atoms with Crippen LogP contribution in [0.2, 0.25) is 0 Å². The Morgan fingerprint density at radius 2 is 1.90 bits per heavy atom. The molecule has 0 bridgehead atoms. The van der Waals surface area contributed by atoms with Crippen LogP contribution < -0.4 is 0 Å². The topological polar surface area (TPSA) is 38.9 Å². The van der Waals surface area contributed by atoms with Gasteiger partial charge in [-0.2, -0.15) is 0 Å². The van der Waals surface area contributed by atoms with E-state index in [1.807, 2.05) is 30.3 Å². The number of nitrogens with zero attached hydrogens (tertiary/aromatic N) is 2. The summed E-state index contributed by atoms with van der Waals surface area (Å²) in [6, 6.07) is 9.83. The molecule has 3 rings (SSSR count). The van der Waals surface area contributed by atoms with Crippen LogP contribution in [0, 0.1) is 5.92 Å². The lowest BCUT2D eigenvalue weighted by Gasteiger charge is -2.06. The van der Waals surface area contributed by atoms with Gasteiger partial charge in [0, 0.05) is 6.42 Å². The Morgan fingerprint density at radius 3 is 2.65 bits per heavy atom. The molecule has 1 aliphatic rings. The lowest BCUT2D eigenvalue weighted by atomic mass is 10.0. The first-order valence-corrected chi connectivity index (χ1v) is 7.78. The van der Waals surface area contributed by atoms with Crippen molar-refractivity contribution in [2.45, 2.75) is 43.9 Å². The highest BCUT2D eigenvalue weighted by molar-refractivity contribution is 6.22. The molecule has 3 nitrogen and oxygen atoms in total. The predicted octanol–water partition coefficient (Wildman–Crippen LogP) is 4.52. The summed E-state index contributed by atoms with van der Waals surface area (Å²) in [5.41, 5.74) is 0.986. The van der Waals surface area contributed by atoms with Gasteiger partial charge in [0.1, 0.15) is 5.38 Å². The van der Waals surface area contributed by atoms with Crippen LogP contribution in [0.25, 0.3) is 0 Å². The van der Waals surface area contributed by atoms with E-state index in [2.05, 4.69) is 10.2 Å². The van der Waals surface area contributed by atoms with Gasteiger partial charge in [-0.3, -0.25) is 0 Å². The van der Waals surface area contributed by atoms with Crippen LogP contribution in [0.1, 0.15) is 54.8 Å². The number of aromatic nitrogens is 2. The average molecular weight is 291 g/mol. The standard InChI is InChI=1S/C16H19ClN2O/c17-15(13-8-2-1-3-9-13)16-19-18-14(20-16)11-10-12-6-4-5-7-12/h1-3,8-9,12,15H,4-7,10-11H2/t15-/m0/s1. The maximum absolute atomic E-state index is 6.38. The lowest BCUT2D eigenvalue weighted by Crippen LogP contribution is -1.96. The highest BCUT2D eigenvalue weighted by Gasteiger charge is 2.19. The molecular formula is C16H19ClN2O. The molecule has 1 fully saturated rings. The third-order valence-corrected chi connectivity index (χ3v) is 4.47. The lowest BCUT2D eigenvalue weighted by molar-refractivity contribution is 0.418. The van der Waals surface area contributed by atoms with Gasteiger partial charge < -0.3 is 4.42 Å². The largest absolute Gasteiger partial charge is 0.423 e. The van der Waals surface area contributed by atoms with Crippen LogP contribution in [0.15, 0.2) is 34.7 Å². The van der Waals surface area contributed by atoms with Crippen molar-refractivity contribution in [3.8, 4) is 0 Å². The summed E-state index contributed by atoms with van der Waals surface area (Å²) in [5, 5.41) is 7.85. The summed E-state index contributed by atoms with van der Waals surface area (Å²) in [7, 11) is 0. The first-order chi connectivity index (χ1) is 9.83. The minimum Gasteiger partial charge on any atom is -0.423 e. The molecule has 1 aliphatic carbocycles. The maximum atomic E-state index is 6.38. The Kier molecular flexibility index (Phi) is 4.36. The second-order valence-electron chi connectivity index (χ2n) is 5.50. The van der Waals surface area contributed by atoms with E-state index < -0.39 is 0 Å². The Labute approximate surface area is 124 Å². The van der Waals surface area contributed by atoms with Gasteiger partial charge in [0.05, 0.1) is 0 Å². The number of hydrogen-bond acceptors (Lipinski definition) is 3. The zero-order chi connectivity index (χ0) is 13.8. The van der Waals surface area contributed by atoms with E-state index in [-0.39, 0.29) is 5.38 Å². The fraction of sp³-hybridized carbons (Fsp3) is 0.500. The molecule has 1 aromatic heterocycles. The molecule has 106 valence electrons. The number of rotatable bonds is 5. The van der Waals surface area contributed by atoms with Crippen LogP contribution in [0.4, 0.5) is 0 Å². The average Bonchev–Trinajstić information content (AvgIpc) is 3.17. The number of alkyl halides is 1. The molecule has 1 atom stereocenters. The van der Waals surface area contributed by atoms with Gasteiger partial charge in [0.2, 0.25) is 11.8 Å². The molecule has 4 heteroatoms. The van der Waals surface area contributed by atoms with Crippen molar-refractivity contribution in [1.29, 1.82) is 0 Å². The minimum atomic E-state index is -0.357. The van der Waals surface area contributed by atoms with E-state index in [0.29, 0.717) is 11.8 Å². The van der Waals surface area contributed by atoms with Crippen molar-refractivity contribution < 1.29 is 4.42 Å². The molecular weight excluding hydrogens is 272 g/mol. The van der Waals surface area contributed by atoms with Crippen LogP contribution >= 0.6 is 11.6 Å². The van der Waals surface area contributed by atoms with Gasteiger partial charge in [-0.15, -0.1) is 21.8 Å². The minimum absolute atomic E-state index is 0.357. The summed E-state index contributed by atoms with van der Waals surface area (Å²) < 4.78 is 5.71. The molecule has 0 amide bonds. The molecule has 0 aliphatic heterocycles. The number of hydrogen-bond donors (Lipinski definition) is 0. The summed E-state index contributed by atoms with van der Waals surface area (Å²) in [5.74, 6) is 2.05. The van der Waals surface area contributed by atoms with Crippen molar-refractivity contribution in [3.05, 3.63) is 47.7 Å². The molecule has 0 N–H and O–H groups in total. The highest BCUT2D eigenvalue weighted by atomic mass is 35.5. The second-order valence-corrected chi connectivity index (χ2v) is 5.93. The smallest absolute Gasteiger partial charge is 0.238 e. The fourth-order valence-corrected chi connectivity index (χ4v) is 3.09. The molecule has 0 saturated heterocycles. The van der Waals surface area contributed by atoms with E-state index >= 15 is 0 Å². The monoisotopic (exact) mass is 290 g/mol. The third-order valence-electron chi connectivity index (χ3n) is 4.03. The molecule has 1 aromatic carbocycles. The maximum Gasteiger partial charge on any atom is 0.238 e. The molecule has 1 heterocycles. The molecule has 1 saturated carbocycles. The SMILES string of the molecule is Cl[C@@H](c1ccccc1)c1nnc(CCC2CCCC2)o1. The Bertz CT molecular complexity index is 534. The Morgan fingerprint density at radius 1 is 1.15 bits per heavy atom. The van der Waals surface area contributed by atoms with Gasteiger partial charge in [0.15, 0.2) is 0 Å². The fourth-order valence-electron chi connectivity index (χ4n) is 2.86. The zero-order valence-electron chi connectivity index (χ0n) is 11.5. The number of halogens is 1. The van der Waals surface area contributed by atoms with Crippen LogP contribution in [-0.4, -0.2) is 10.2 Å². The van der Waals surface area contributed by atoms with Gasteiger partial charge in [0.25, 0.3) is 0 Å². The normalized spacial score (nSPS) is 17.4.